The average molecular weight is 283 g/mol. The maximum Gasteiger partial charge on any atom is 0.161 e. The molecule has 1 N–H and O–H groups in total. The van der Waals surface area contributed by atoms with Crippen LogP contribution in [0.3, 0.4) is 0 Å². The van der Waals surface area contributed by atoms with E-state index in [1.807, 2.05) is 6.07 Å². The lowest BCUT2D eigenvalue weighted by atomic mass is 10.0. The van der Waals surface area contributed by atoms with E-state index in [4.69, 9.17) is 9.47 Å². The van der Waals surface area contributed by atoms with E-state index in [0.717, 1.165) is 18.0 Å². The highest BCUT2D eigenvalue weighted by Crippen LogP contribution is 2.30. The largest absolute Gasteiger partial charge is 0.486 e. The molecule has 3 heteroatoms. The van der Waals surface area contributed by atoms with Crippen molar-refractivity contribution in [3.8, 4) is 11.5 Å². The van der Waals surface area contributed by atoms with Crippen molar-refractivity contribution in [1.82, 2.24) is 5.32 Å². The summed E-state index contributed by atoms with van der Waals surface area (Å²) in [5.41, 5.74) is 3.87. The number of aryl methyl sites for hydroxylation is 1. The molecule has 0 unspecified atom stereocenters. The fraction of sp³-hybridized carbons (Fsp3) is 0.333. The normalized spacial score (nSPS) is 14.8. The maximum atomic E-state index is 5.62. The van der Waals surface area contributed by atoms with E-state index in [1.165, 1.54) is 16.7 Å². The second-order valence-corrected chi connectivity index (χ2v) is 5.44. The SMILES string of the molecule is Cc1ccccc1[C@H](C)NCc1ccc2c(c1)OCCO2. The predicted octanol–water partition coefficient (Wildman–Crippen LogP) is 3.62. The van der Waals surface area contributed by atoms with Crippen LogP contribution in [-0.4, -0.2) is 13.2 Å². The molecule has 0 saturated carbocycles. The summed E-state index contributed by atoms with van der Waals surface area (Å²) >= 11 is 0. The average Bonchev–Trinajstić information content (AvgIpc) is 2.53. The summed E-state index contributed by atoms with van der Waals surface area (Å²) in [4.78, 5) is 0. The number of benzene rings is 2. The lowest BCUT2D eigenvalue weighted by Gasteiger charge is -2.20. The van der Waals surface area contributed by atoms with Gasteiger partial charge in [0.05, 0.1) is 0 Å². The molecule has 3 nitrogen and oxygen atoms in total. The van der Waals surface area contributed by atoms with Crippen molar-refractivity contribution < 1.29 is 9.47 Å². The van der Waals surface area contributed by atoms with Crippen molar-refractivity contribution in [2.24, 2.45) is 0 Å². The Labute approximate surface area is 125 Å². The molecule has 0 aromatic heterocycles. The number of ether oxygens (including phenoxy) is 2. The first kappa shape index (κ1) is 14.0. The fourth-order valence-electron chi connectivity index (χ4n) is 2.65. The third kappa shape index (κ3) is 3.19. The standard InChI is InChI=1S/C18H21NO2/c1-13-5-3-4-6-16(13)14(2)19-12-15-7-8-17-18(11-15)21-10-9-20-17/h3-8,11,14,19H,9-10,12H2,1-2H3/t14-/m0/s1. The highest BCUT2D eigenvalue weighted by atomic mass is 16.6. The third-order valence-electron chi connectivity index (χ3n) is 3.87. The molecule has 0 fully saturated rings. The van der Waals surface area contributed by atoms with Gasteiger partial charge in [-0.3, -0.25) is 0 Å². The Morgan fingerprint density at radius 2 is 1.81 bits per heavy atom. The molecule has 110 valence electrons. The fourth-order valence-corrected chi connectivity index (χ4v) is 2.65. The number of hydrogen-bond acceptors (Lipinski definition) is 3. The van der Waals surface area contributed by atoms with Crippen LogP contribution in [-0.2, 0) is 6.54 Å². The van der Waals surface area contributed by atoms with Gasteiger partial charge < -0.3 is 14.8 Å². The van der Waals surface area contributed by atoms with Gasteiger partial charge in [-0.2, -0.15) is 0 Å². The van der Waals surface area contributed by atoms with E-state index in [2.05, 4.69) is 55.6 Å². The second kappa shape index (κ2) is 6.19. The van der Waals surface area contributed by atoms with E-state index >= 15 is 0 Å². The van der Waals surface area contributed by atoms with Gasteiger partial charge in [-0.15, -0.1) is 0 Å². The van der Waals surface area contributed by atoms with Crippen LogP contribution in [0.4, 0.5) is 0 Å². The van der Waals surface area contributed by atoms with Gasteiger partial charge in [0.15, 0.2) is 11.5 Å². The Balaban J connectivity index is 1.66. The van der Waals surface area contributed by atoms with Crippen LogP contribution < -0.4 is 14.8 Å². The van der Waals surface area contributed by atoms with Crippen LogP contribution in [0, 0.1) is 6.92 Å². The molecule has 1 aliphatic rings. The zero-order valence-corrected chi connectivity index (χ0v) is 12.6. The molecule has 0 spiro atoms. The van der Waals surface area contributed by atoms with Gasteiger partial charge in [-0.1, -0.05) is 30.3 Å². The molecule has 0 bridgehead atoms. The lowest BCUT2D eigenvalue weighted by Crippen LogP contribution is -2.19. The van der Waals surface area contributed by atoms with Crippen LogP contribution in [0.1, 0.15) is 29.7 Å². The topological polar surface area (TPSA) is 30.5 Å². The van der Waals surface area contributed by atoms with E-state index in [9.17, 15) is 0 Å². The molecular formula is C18H21NO2. The molecule has 1 heterocycles. The molecular weight excluding hydrogens is 262 g/mol. The van der Waals surface area contributed by atoms with Crippen LogP contribution >= 0.6 is 0 Å². The second-order valence-electron chi connectivity index (χ2n) is 5.44. The van der Waals surface area contributed by atoms with E-state index in [0.29, 0.717) is 19.3 Å². The maximum absolute atomic E-state index is 5.62. The molecule has 21 heavy (non-hydrogen) atoms. The zero-order valence-electron chi connectivity index (χ0n) is 12.6. The minimum atomic E-state index is 0.319. The van der Waals surface area contributed by atoms with Crippen LogP contribution in [0.5, 0.6) is 11.5 Å². The smallest absolute Gasteiger partial charge is 0.161 e. The molecule has 0 aliphatic carbocycles. The van der Waals surface area contributed by atoms with Crippen molar-refractivity contribution in [2.45, 2.75) is 26.4 Å². The summed E-state index contributed by atoms with van der Waals surface area (Å²) in [7, 11) is 0. The summed E-state index contributed by atoms with van der Waals surface area (Å²) in [6.45, 7) is 6.42. The molecule has 0 amide bonds. The number of nitrogens with one attached hydrogen (secondary N) is 1. The summed E-state index contributed by atoms with van der Waals surface area (Å²) < 4.78 is 11.2. The Bertz CT molecular complexity index is 624. The minimum absolute atomic E-state index is 0.319. The quantitative estimate of drug-likeness (QED) is 0.929. The molecule has 0 saturated heterocycles. The van der Waals surface area contributed by atoms with Gasteiger partial charge in [-0.05, 0) is 42.7 Å². The Kier molecular flexibility index (Phi) is 4.11. The predicted molar refractivity (Wildman–Crippen MR) is 83.9 cm³/mol. The summed E-state index contributed by atoms with van der Waals surface area (Å²) in [5.74, 6) is 1.70. The first-order valence-corrected chi connectivity index (χ1v) is 7.41. The van der Waals surface area contributed by atoms with Crippen molar-refractivity contribution in [2.75, 3.05) is 13.2 Å². The van der Waals surface area contributed by atoms with Gasteiger partial charge in [0.25, 0.3) is 0 Å². The lowest BCUT2D eigenvalue weighted by molar-refractivity contribution is 0.171. The van der Waals surface area contributed by atoms with Crippen LogP contribution in [0.25, 0.3) is 0 Å². The van der Waals surface area contributed by atoms with E-state index in [1.54, 1.807) is 0 Å². The van der Waals surface area contributed by atoms with Crippen molar-refractivity contribution >= 4 is 0 Å². The van der Waals surface area contributed by atoms with Crippen molar-refractivity contribution in [3.05, 3.63) is 59.2 Å². The Hall–Kier alpha value is -2.00. The van der Waals surface area contributed by atoms with Crippen LogP contribution in [0.15, 0.2) is 42.5 Å². The van der Waals surface area contributed by atoms with E-state index < -0.39 is 0 Å². The van der Waals surface area contributed by atoms with Crippen LogP contribution in [0.2, 0.25) is 0 Å². The Morgan fingerprint density at radius 3 is 2.62 bits per heavy atom. The number of fused-ring (bicyclic) bond motifs is 1. The van der Waals surface area contributed by atoms with Gasteiger partial charge in [0, 0.05) is 12.6 Å². The molecule has 1 aliphatic heterocycles. The first-order valence-electron chi connectivity index (χ1n) is 7.41. The van der Waals surface area contributed by atoms with Gasteiger partial charge >= 0.3 is 0 Å². The monoisotopic (exact) mass is 283 g/mol. The molecule has 3 rings (SSSR count). The third-order valence-corrected chi connectivity index (χ3v) is 3.87. The van der Waals surface area contributed by atoms with Gasteiger partial charge in [0.2, 0.25) is 0 Å². The highest BCUT2D eigenvalue weighted by Gasteiger charge is 2.12. The van der Waals surface area contributed by atoms with Gasteiger partial charge in [-0.25, -0.2) is 0 Å². The highest BCUT2D eigenvalue weighted by molar-refractivity contribution is 5.43. The number of rotatable bonds is 4. The van der Waals surface area contributed by atoms with Crippen molar-refractivity contribution in [1.29, 1.82) is 0 Å². The van der Waals surface area contributed by atoms with E-state index in [-0.39, 0.29) is 0 Å². The number of hydrogen-bond donors (Lipinski definition) is 1. The zero-order chi connectivity index (χ0) is 14.7. The molecule has 2 aromatic rings. The minimum Gasteiger partial charge on any atom is -0.486 e. The first-order chi connectivity index (χ1) is 10.2. The summed E-state index contributed by atoms with van der Waals surface area (Å²) in [6.07, 6.45) is 0. The van der Waals surface area contributed by atoms with Gasteiger partial charge in [0.1, 0.15) is 13.2 Å². The molecule has 0 radical (unpaired) electrons. The molecule has 2 aromatic carbocycles. The van der Waals surface area contributed by atoms with Crippen molar-refractivity contribution in [3.63, 3.8) is 0 Å². The molecule has 1 atom stereocenters. The summed E-state index contributed by atoms with van der Waals surface area (Å²) in [5, 5.41) is 3.57. The summed E-state index contributed by atoms with van der Waals surface area (Å²) in [6, 6.07) is 15.0. The Morgan fingerprint density at radius 1 is 1.05 bits per heavy atom.